The van der Waals surface area contributed by atoms with Gasteiger partial charge in [-0.05, 0) is 34.5 Å². The van der Waals surface area contributed by atoms with Crippen LogP contribution in [0.2, 0.25) is 0 Å². The van der Waals surface area contributed by atoms with Gasteiger partial charge in [0.25, 0.3) is 0 Å². The SMILES string of the molecule is C=CC(=O)NCCOCc1cccc2cc(CO)c(O)cc12. The normalized spacial score (nSPS) is 10.6. The van der Waals surface area contributed by atoms with Crippen LogP contribution in [-0.4, -0.2) is 29.3 Å². The molecule has 5 nitrogen and oxygen atoms in total. The predicted molar refractivity (Wildman–Crippen MR) is 84.4 cm³/mol. The van der Waals surface area contributed by atoms with Crippen LogP contribution >= 0.6 is 0 Å². The third-order valence-electron chi connectivity index (χ3n) is 3.33. The lowest BCUT2D eigenvalue weighted by molar-refractivity contribution is -0.116. The van der Waals surface area contributed by atoms with Gasteiger partial charge < -0.3 is 20.3 Å². The first-order valence-corrected chi connectivity index (χ1v) is 6.98. The van der Waals surface area contributed by atoms with E-state index in [2.05, 4.69) is 11.9 Å². The van der Waals surface area contributed by atoms with Gasteiger partial charge in [-0.1, -0.05) is 24.8 Å². The molecule has 0 aromatic heterocycles. The minimum atomic E-state index is -0.227. The van der Waals surface area contributed by atoms with Gasteiger partial charge in [0.05, 0.1) is 19.8 Å². The summed E-state index contributed by atoms with van der Waals surface area (Å²) < 4.78 is 5.54. The molecule has 0 aliphatic heterocycles. The zero-order valence-electron chi connectivity index (χ0n) is 12.2. The average molecular weight is 301 g/mol. The molecule has 0 atom stereocenters. The lowest BCUT2D eigenvalue weighted by Gasteiger charge is -2.10. The van der Waals surface area contributed by atoms with Gasteiger partial charge in [0.1, 0.15) is 5.75 Å². The van der Waals surface area contributed by atoms with Crippen LogP contribution in [0.4, 0.5) is 0 Å². The van der Waals surface area contributed by atoms with E-state index in [9.17, 15) is 15.0 Å². The number of carbonyl (C=O) groups is 1. The van der Waals surface area contributed by atoms with Crippen LogP contribution in [0, 0.1) is 0 Å². The van der Waals surface area contributed by atoms with E-state index in [4.69, 9.17) is 4.74 Å². The fourth-order valence-electron chi connectivity index (χ4n) is 2.18. The number of fused-ring (bicyclic) bond motifs is 1. The van der Waals surface area contributed by atoms with E-state index in [1.54, 1.807) is 12.1 Å². The van der Waals surface area contributed by atoms with Gasteiger partial charge in [-0.25, -0.2) is 0 Å². The zero-order valence-corrected chi connectivity index (χ0v) is 12.2. The maximum Gasteiger partial charge on any atom is 0.243 e. The molecule has 22 heavy (non-hydrogen) atoms. The van der Waals surface area contributed by atoms with Crippen molar-refractivity contribution in [2.75, 3.05) is 13.2 Å². The van der Waals surface area contributed by atoms with E-state index >= 15 is 0 Å². The predicted octanol–water partition coefficient (Wildman–Crippen LogP) is 1.86. The first kappa shape index (κ1) is 16.0. The van der Waals surface area contributed by atoms with Crippen LogP contribution in [0.25, 0.3) is 10.8 Å². The zero-order chi connectivity index (χ0) is 15.9. The fraction of sp³-hybridized carbons (Fsp3) is 0.235. The Labute approximate surface area is 128 Å². The number of phenols is 1. The highest BCUT2D eigenvalue weighted by atomic mass is 16.5. The number of nitrogens with one attached hydrogen (secondary N) is 1. The molecule has 0 aliphatic carbocycles. The molecule has 0 radical (unpaired) electrons. The molecule has 3 N–H and O–H groups in total. The third kappa shape index (κ3) is 3.84. The molecule has 0 spiro atoms. The number of rotatable bonds is 7. The summed E-state index contributed by atoms with van der Waals surface area (Å²) in [6.07, 6.45) is 1.21. The molecule has 2 aromatic carbocycles. The minimum Gasteiger partial charge on any atom is -0.508 e. The summed E-state index contributed by atoms with van der Waals surface area (Å²) in [6, 6.07) is 9.14. The van der Waals surface area contributed by atoms with Gasteiger partial charge in [0, 0.05) is 12.1 Å². The van der Waals surface area contributed by atoms with Gasteiger partial charge in [0.2, 0.25) is 5.91 Å². The number of aliphatic hydroxyl groups is 1. The van der Waals surface area contributed by atoms with E-state index < -0.39 is 0 Å². The molecule has 0 saturated heterocycles. The summed E-state index contributed by atoms with van der Waals surface area (Å²) in [5, 5.41) is 23.5. The molecule has 2 aromatic rings. The Kier molecular flexibility index (Phi) is 5.52. The number of hydrogen-bond donors (Lipinski definition) is 3. The van der Waals surface area contributed by atoms with Crippen molar-refractivity contribution in [3.63, 3.8) is 0 Å². The van der Waals surface area contributed by atoms with Gasteiger partial charge in [-0.15, -0.1) is 0 Å². The number of amides is 1. The molecule has 0 fully saturated rings. The summed E-state index contributed by atoms with van der Waals surface area (Å²) in [5.41, 5.74) is 1.44. The molecule has 5 heteroatoms. The topological polar surface area (TPSA) is 78.8 Å². The smallest absolute Gasteiger partial charge is 0.243 e. The van der Waals surface area contributed by atoms with Crippen molar-refractivity contribution in [3.8, 4) is 5.75 Å². The highest BCUT2D eigenvalue weighted by Gasteiger charge is 2.07. The number of benzene rings is 2. The van der Waals surface area contributed by atoms with E-state index in [1.165, 1.54) is 6.08 Å². The van der Waals surface area contributed by atoms with E-state index in [-0.39, 0.29) is 18.3 Å². The van der Waals surface area contributed by atoms with Gasteiger partial charge in [-0.3, -0.25) is 4.79 Å². The van der Waals surface area contributed by atoms with Crippen molar-refractivity contribution in [1.82, 2.24) is 5.32 Å². The molecule has 2 rings (SSSR count). The lowest BCUT2D eigenvalue weighted by Crippen LogP contribution is -2.25. The van der Waals surface area contributed by atoms with Crippen LogP contribution in [0.3, 0.4) is 0 Å². The molecule has 1 amide bonds. The second-order valence-electron chi connectivity index (χ2n) is 4.83. The van der Waals surface area contributed by atoms with E-state index in [1.807, 2.05) is 18.2 Å². The summed E-state index contributed by atoms with van der Waals surface area (Å²) in [6.45, 7) is 4.34. The number of carbonyl (C=O) groups excluding carboxylic acids is 1. The summed E-state index contributed by atoms with van der Waals surface area (Å²) in [7, 11) is 0. The van der Waals surface area contributed by atoms with Crippen LogP contribution in [0.15, 0.2) is 43.0 Å². The van der Waals surface area contributed by atoms with Crippen molar-refractivity contribution in [3.05, 3.63) is 54.1 Å². The molecule has 0 saturated carbocycles. The summed E-state index contributed by atoms with van der Waals surface area (Å²) >= 11 is 0. The summed E-state index contributed by atoms with van der Waals surface area (Å²) in [4.78, 5) is 11.0. The number of hydrogen-bond acceptors (Lipinski definition) is 4. The Hall–Kier alpha value is -2.37. The molecule has 0 unspecified atom stereocenters. The number of aliphatic hydroxyl groups excluding tert-OH is 1. The van der Waals surface area contributed by atoms with Crippen molar-refractivity contribution in [2.24, 2.45) is 0 Å². The quantitative estimate of drug-likeness (QED) is 0.539. The van der Waals surface area contributed by atoms with Crippen LogP contribution in [-0.2, 0) is 22.7 Å². The Bertz CT molecular complexity index is 682. The molecule has 0 bridgehead atoms. The highest BCUT2D eigenvalue weighted by molar-refractivity contribution is 5.88. The second-order valence-corrected chi connectivity index (χ2v) is 4.83. The van der Waals surface area contributed by atoms with Gasteiger partial charge in [0.15, 0.2) is 0 Å². The van der Waals surface area contributed by atoms with Crippen molar-refractivity contribution in [1.29, 1.82) is 0 Å². The highest BCUT2D eigenvalue weighted by Crippen LogP contribution is 2.27. The Balaban J connectivity index is 2.03. The number of aromatic hydroxyl groups is 1. The molecule has 0 aliphatic rings. The van der Waals surface area contributed by atoms with E-state index in [0.29, 0.717) is 25.3 Å². The minimum absolute atomic E-state index is 0.0701. The maximum atomic E-state index is 11.0. The van der Waals surface area contributed by atoms with Crippen LogP contribution in [0.5, 0.6) is 5.75 Å². The van der Waals surface area contributed by atoms with Gasteiger partial charge in [-0.2, -0.15) is 0 Å². The molecular formula is C17H19NO4. The van der Waals surface area contributed by atoms with Crippen molar-refractivity contribution < 1.29 is 19.7 Å². The Morgan fingerprint density at radius 2 is 2.14 bits per heavy atom. The first-order valence-electron chi connectivity index (χ1n) is 6.98. The molecular weight excluding hydrogens is 282 g/mol. The van der Waals surface area contributed by atoms with Crippen molar-refractivity contribution >= 4 is 16.7 Å². The first-order chi connectivity index (χ1) is 10.7. The van der Waals surface area contributed by atoms with Crippen LogP contribution in [0.1, 0.15) is 11.1 Å². The average Bonchev–Trinajstić information content (AvgIpc) is 2.54. The standard InChI is InChI=1S/C17H19NO4/c1-2-17(21)18-6-7-22-11-13-5-3-4-12-8-14(10-19)16(20)9-15(12)13/h2-5,8-9,19-20H,1,6-7,10-11H2,(H,18,21). The van der Waals surface area contributed by atoms with Crippen LogP contribution < -0.4 is 5.32 Å². The monoisotopic (exact) mass is 301 g/mol. The van der Waals surface area contributed by atoms with E-state index in [0.717, 1.165) is 16.3 Å². The van der Waals surface area contributed by atoms with Gasteiger partial charge >= 0.3 is 0 Å². The second kappa shape index (κ2) is 7.59. The Morgan fingerprint density at radius 3 is 2.86 bits per heavy atom. The van der Waals surface area contributed by atoms with Crippen molar-refractivity contribution in [2.45, 2.75) is 13.2 Å². The lowest BCUT2D eigenvalue weighted by atomic mass is 10.0. The third-order valence-corrected chi connectivity index (χ3v) is 3.33. The molecule has 0 heterocycles. The molecule has 116 valence electrons. The number of ether oxygens (including phenoxy) is 1. The fourth-order valence-corrected chi connectivity index (χ4v) is 2.18. The Morgan fingerprint density at radius 1 is 1.32 bits per heavy atom. The largest absolute Gasteiger partial charge is 0.508 e. The maximum absolute atomic E-state index is 11.0. The summed E-state index contributed by atoms with van der Waals surface area (Å²) in [5.74, 6) is -0.157.